The summed E-state index contributed by atoms with van der Waals surface area (Å²) in [5.74, 6) is 0.245. The molecule has 90 valence electrons. The minimum Gasteiger partial charge on any atom is -0.483 e. The smallest absolute Gasteiger partial charge is 0.257 e. The fraction of sp³-hybridized carbons (Fsp3) is 0.273. The van der Waals surface area contributed by atoms with E-state index < -0.39 is 0 Å². The first-order valence-corrected chi connectivity index (χ1v) is 5.74. The third-order valence-electron chi connectivity index (χ3n) is 1.87. The molecule has 5 nitrogen and oxygen atoms in total. The van der Waals surface area contributed by atoms with Crippen LogP contribution in [0.4, 0.5) is 5.69 Å². The van der Waals surface area contributed by atoms with Gasteiger partial charge in [-0.2, -0.15) is 5.26 Å². The van der Waals surface area contributed by atoms with Crippen LogP contribution in [0, 0.1) is 11.3 Å². The van der Waals surface area contributed by atoms with Gasteiger partial charge in [0.1, 0.15) is 5.75 Å². The van der Waals surface area contributed by atoms with Crippen molar-refractivity contribution in [2.75, 3.05) is 18.9 Å². The second kappa shape index (κ2) is 6.76. The molecule has 3 N–H and O–H groups in total. The number of benzene rings is 1. The van der Waals surface area contributed by atoms with Crippen molar-refractivity contribution in [3.63, 3.8) is 0 Å². The number of anilines is 1. The van der Waals surface area contributed by atoms with Crippen molar-refractivity contribution >= 4 is 27.5 Å². The van der Waals surface area contributed by atoms with Gasteiger partial charge in [-0.25, -0.2) is 0 Å². The molecule has 1 amide bonds. The number of hydrogen-bond acceptors (Lipinski definition) is 4. The summed E-state index contributed by atoms with van der Waals surface area (Å²) in [7, 11) is 0. The molecule has 0 heterocycles. The molecule has 0 saturated carbocycles. The van der Waals surface area contributed by atoms with Crippen molar-refractivity contribution in [3.05, 3.63) is 22.7 Å². The van der Waals surface area contributed by atoms with E-state index in [2.05, 4.69) is 21.2 Å². The van der Waals surface area contributed by atoms with Crippen LogP contribution in [-0.4, -0.2) is 19.1 Å². The summed E-state index contributed by atoms with van der Waals surface area (Å²) in [6.07, 6.45) is 0.285. The molecule has 0 radical (unpaired) electrons. The number of rotatable bonds is 5. The molecule has 0 atom stereocenters. The Bertz CT molecular complexity index is 443. The maximum Gasteiger partial charge on any atom is 0.257 e. The molecule has 0 aliphatic rings. The number of carbonyl (C=O) groups excluding carboxylic acids is 1. The maximum atomic E-state index is 11.3. The predicted molar refractivity (Wildman–Crippen MR) is 67.3 cm³/mol. The third kappa shape index (κ3) is 4.74. The molecular weight excluding hydrogens is 286 g/mol. The molecule has 0 bridgehead atoms. The van der Waals surface area contributed by atoms with Gasteiger partial charge in [0, 0.05) is 18.3 Å². The lowest BCUT2D eigenvalue weighted by Gasteiger charge is -2.08. The molecule has 0 aromatic heterocycles. The van der Waals surface area contributed by atoms with Crippen LogP contribution in [0.3, 0.4) is 0 Å². The van der Waals surface area contributed by atoms with Crippen molar-refractivity contribution < 1.29 is 9.53 Å². The highest BCUT2D eigenvalue weighted by Gasteiger charge is 2.05. The van der Waals surface area contributed by atoms with Gasteiger partial charge in [-0.1, -0.05) is 0 Å². The highest BCUT2D eigenvalue weighted by molar-refractivity contribution is 9.10. The Labute approximate surface area is 108 Å². The quantitative estimate of drug-likeness (QED) is 0.636. The van der Waals surface area contributed by atoms with Crippen LogP contribution < -0.4 is 15.8 Å². The maximum absolute atomic E-state index is 11.3. The molecule has 6 heteroatoms. The van der Waals surface area contributed by atoms with Crippen LogP contribution in [0.2, 0.25) is 0 Å². The van der Waals surface area contributed by atoms with Gasteiger partial charge in [0.25, 0.3) is 5.91 Å². The van der Waals surface area contributed by atoms with Gasteiger partial charge >= 0.3 is 0 Å². The van der Waals surface area contributed by atoms with Crippen LogP contribution in [0.5, 0.6) is 5.75 Å². The van der Waals surface area contributed by atoms with Gasteiger partial charge in [-0.05, 0) is 28.1 Å². The number of halogens is 1. The fourth-order valence-corrected chi connectivity index (χ4v) is 1.44. The highest BCUT2D eigenvalue weighted by Crippen LogP contribution is 2.26. The average molecular weight is 298 g/mol. The molecule has 0 unspecified atom stereocenters. The zero-order chi connectivity index (χ0) is 12.7. The summed E-state index contributed by atoms with van der Waals surface area (Å²) in [5.41, 5.74) is 6.16. The lowest BCUT2D eigenvalue weighted by Crippen LogP contribution is -2.29. The molecule has 0 aliphatic carbocycles. The van der Waals surface area contributed by atoms with Crippen molar-refractivity contribution in [2.24, 2.45) is 0 Å². The number of nitrogens with one attached hydrogen (secondary N) is 1. The molecule has 0 saturated heterocycles. The Balaban J connectivity index is 2.42. The molecule has 1 aromatic carbocycles. The Morgan fingerprint density at radius 3 is 3.06 bits per heavy atom. The number of nitriles is 1. The Kier molecular flexibility index (Phi) is 5.30. The van der Waals surface area contributed by atoms with Gasteiger partial charge in [-0.15, -0.1) is 0 Å². The van der Waals surface area contributed by atoms with Crippen molar-refractivity contribution in [1.82, 2.24) is 5.32 Å². The normalized spacial score (nSPS) is 9.41. The van der Waals surface area contributed by atoms with E-state index >= 15 is 0 Å². The Morgan fingerprint density at radius 1 is 1.59 bits per heavy atom. The Hall–Kier alpha value is -1.74. The minimum atomic E-state index is -0.269. The number of amides is 1. The Morgan fingerprint density at radius 2 is 2.35 bits per heavy atom. The monoisotopic (exact) mass is 297 g/mol. The molecule has 0 spiro atoms. The molecule has 1 rings (SSSR count). The SMILES string of the molecule is N#CCCNC(=O)COc1cc(N)ccc1Br. The van der Waals surface area contributed by atoms with Gasteiger partial charge in [-0.3, -0.25) is 4.79 Å². The second-order valence-electron chi connectivity index (χ2n) is 3.24. The first-order valence-electron chi connectivity index (χ1n) is 4.95. The zero-order valence-electron chi connectivity index (χ0n) is 9.07. The minimum absolute atomic E-state index is 0.104. The van der Waals surface area contributed by atoms with E-state index in [1.54, 1.807) is 18.2 Å². The lowest BCUT2D eigenvalue weighted by atomic mass is 10.3. The van der Waals surface area contributed by atoms with Crippen LogP contribution in [0.25, 0.3) is 0 Å². The summed E-state index contributed by atoms with van der Waals surface area (Å²) in [6, 6.07) is 7.04. The lowest BCUT2D eigenvalue weighted by molar-refractivity contribution is -0.123. The molecule has 17 heavy (non-hydrogen) atoms. The van der Waals surface area contributed by atoms with Gasteiger partial charge in [0.05, 0.1) is 17.0 Å². The predicted octanol–water partition coefficient (Wildman–Crippen LogP) is 1.44. The number of nitrogen functional groups attached to an aromatic ring is 1. The molecular formula is C11H12BrN3O2. The van der Waals surface area contributed by atoms with E-state index in [4.69, 9.17) is 15.7 Å². The van der Waals surface area contributed by atoms with Crippen molar-refractivity contribution in [3.8, 4) is 11.8 Å². The number of ether oxygens (including phenoxy) is 1. The van der Waals surface area contributed by atoms with E-state index in [1.165, 1.54) is 0 Å². The number of hydrogen-bond donors (Lipinski definition) is 2. The van der Waals surface area contributed by atoms with E-state index in [-0.39, 0.29) is 18.9 Å². The van der Waals surface area contributed by atoms with Crippen molar-refractivity contribution in [2.45, 2.75) is 6.42 Å². The van der Waals surface area contributed by atoms with Crippen LogP contribution >= 0.6 is 15.9 Å². The molecule has 1 aromatic rings. The molecule has 0 fully saturated rings. The summed E-state index contributed by atoms with van der Waals surface area (Å²) >= 11 is 3.29. The average Bonchev–Trinajstić information content (AvgIpc) is 2.31. The standard InChI is InChI=1S/C11H12BrN3O2/c12-9-3-2-8(14)6-10(9)17-7-11(16)15-5-1-4-13/h2-3,6H,1,5,7,14H2,(H,15,16). The largest absolute Gasteiger partial charge is 0.483 e. The van der Waals surface area contributed by atoms with Crippen LogP contribution in [0.15, 0.2) is 22.7 Å². The number of nitrogens with two attached hydrogens (primary N) is 1. The summed E-state index contributed by atoms with van der Waals surface area (Å²) < 4.78 is 6.02. The zero-order valence-corrected chi connectivity index (χ0v) is 10.7. The summed E-state index contributed by atoms with van der Waals surface area (Å²) in [6.45, 7) is 0.226. The number of nitrogens with zero attached hydrogens (tertiary/aromatic N) is 1. The fourth-order valence-electron chi connectivity index (χ4n) is 1.08. The number of carbonyl (C=O) groups is 1. The second-order valence-corrected chi connectivity index (χ2v) is 4.09. The first kappa shape index (κ1) is 13.3. The molecule has 0 aliphatic heterocycles. The van der Waals surface area contributed by atoms with E-state index in [0.29, 0.717) is 18.0 Å². The van der Waals surface area contributed by atoms with Gasteiger partial charge in [0.15, 0.2) is 6.61 Å². The third-order valence-corrected chi connectivity index (χ3v) is 2.53. The summed E-state index contributed by atoms with van der Waals surface area (Å²) in [4.78, 5) is 11.3. The van der Waals surface area contributed by atoms with Gasteiger partial charge < -0.3 is 15.8 Å². The van der Waals surface area contributed by atoms with Gasteiger partial charge in [0.2, 0.25) is 0 Å². The first-order chi connectivity index (χ1) is 8.13. The van der Waals surface area contributed by atoms with E-state index in [0.717, 1.165) is 4.47 Å². The van der Waals surface area contributed by atoms with Crippen LogP contribution in [-0.2, 0) is 4.79 Å². The topological polar surface area (TPSA) is 88.1 Å². The van der Waals surface area contributed by atoms with E-state index in [9.17, 15) is 4.79 Å². The van der Waals surface area contributed by atoms with E-state index in [1.807, 2.05) is 6.07 Å². The highest BCUT2D eigenvalue weighted by atomic mass is 79.9. The summed E-state index contributed by atoms with van der Waals surface area (Å²) in [5, 5.41) is 10.9. The van der Waals surface area contributed by atoms with Crippen LogP contribution in [0.1, 0.15) is 6.42 Å². The van der Waals surface area contributed by atoms with Crippen molar-refractivity contribution in [1.29, 1.82) is 5.26 Å².